The fourth-order valence-corrected chi connectivity index (χ4v) is 2.74. The number of hydrogen-bond donors (Lipinski definition) is 2. The molecule has 1 saturated carbocycles. The van der Waals surface area contributed by atoms with Crippen LogP contribution >= 0.6 is 0 Å². The summed E-state index contributed by atoms with van der Waals surface area (Å²) in [5.41, 5.74) is 0. The maximum absolute atomic E-state index is 9.22. The summed E-state index contributed by atoms with van der Waals surface area (Å²) in [4.78, 5) is 2.37. The molecule has 1 atom stereocenters. The van der Waals surface area contributed by atoms with Crippen LogP contribution in [0.15, 0.2) is 0 Å². The van der Waals surface area contributed by atoms with Crippen LogP contribution in [0.2, 0.25) is 0 Å². The Morgan fingerprint density at radius 1 is 1.31 bits per heavy atom. The number of likely N-dealkylation sites (N-methyl/N-ethyl adjacent to an activating group) is 2. The van der Waals surface area contributed by atoms with Crippen molar-refractivity contribution in [1.82, 2.24) is 10.2 Å². The van der Waals surface area contributed by atoms with Gasteiger partial charge in [0.2, 0.25) is 0 Å². The first kappa shape index (κ1) is 13.9. The van der Waals surface area contributed by atoms with Crippen molar-refractivity contribution in [1.29, 1.82) is 0 Å². The highest BCUT2D eigenvalue weighted by molar-refractivity contribution is 4.73. The third kappa shape index (κ3) is 5.28. The Hall–Kier alpha value is -0.120. The van der Waals surface area contributed by atoms with Crippen molar-refractivity contribution in [2.45, 2.75) is 45.1 Å². The molecule has 3 nitrogen and oxygen atoms in total. The molecule has 0 aromatic rings. The Bertz CT molecular complexity index is 163. The molecule has 0 radical (unpaired) electrons. The van der Waals surface area contributed by atoms with Gasteiger partial charge >= 0.3 is 0 Å². The Kier molecular flexibility index (Phi) is 7.01. The zero-order valence-corrected chi connectivity index (χ0v) is 10.9. The zero-order valence-electron chi connectivity index (χ0n) is 10.9. The fraction of sp³-hybridized carbons (Fsp3) is 1.00. The van der Waals surface area contributed by atoms with E-state index in [0.717, 1.165) is 19.0 Å². The minimum Gasteiger partial charge on any atom is -0.395 e. The molecule has 16 heavy (non-hydrogen) atoms. The molecule has 1 fully saturated rings. The second-order valence-corrected chi connectivity index (χ2v) is 5.16. The van der Waals surface area contributed by atoms with Crippen molar-refractivity contribution >= 4 is 0 Å². The molecule has 0 bridgehead atoms. The molecule has 2 N–H and O–H groups in total. The van der Waals surface area contributed by atoms with E-state index in [1.807, 2.05) is 0 Å². The van der Waals surface area contributed by atoms with Crippen LogP contribution in [0.5, 0.6) is 0 Å². The number of hydrogen-bond acceptors (Lipinski definition) is 3. The maximum atomic E-state index is 9.22. The van der Waals surface area contributed by atoms with Gasteiger partial charge < -0.3 is 15.3 Å². The summed E-state index contributed by atoms with van der Waals surface area (Å²) in [5, 5.41) is 12.5. The smallest absolute Gasteiger partial charge is 0.0597 e. The summed E-state index contributed by atoms with van der Waals surface area (Å²) >= 11 is 0. The molecule has 0 amide bonds. The van der Waals surface area contributed by atoms with Crippen molar-refractivity contribution in [3.63, 3.8) is 0 Å². The van der Waals surface area contributed by atoms with Gasteiger partial charge in [-0.1, -0.05) is 26.2 Å². The standard InChI is InChI=1S/C13H28N2O/c1-3-14-13(11-16)10-15(2)9-12-7-5-4-6-8-12/h12-14,16H,3-11H2,1-2H3. The van der Waals surface area contributed by atoms with E-state index >= 15 is 0 Å². The van der Waals surface area contributed by atoms with Crippen LogP contribution in [0.1, 0.15) is 39.0 Å². The Balaban J connectivity index is 2.19. The SMILES string of the molecule is CCNC(CO)CN(C)CC1CCCCC1. The molecular weight excluding hydrogens is 200 g/mol. The molecule has 0 aromatic heterocycles. The first-order chi connectivity index (χ1) is 7.76. The first-order valence-electron chi connectivity index (χ1n) is 6.79. The van der Waals surface area contributed by atoms with Gasteiger partial charge in [0.1, 0.15) is 0 Å². The van der Waals surface area contributed by atoms with Crippen molar-refractivity contribution in [2.75, 3.05) is 33.3 Å². The molecule has 0 spiro atoms. The fourth-order valence-electron chi connectivity index (χ4n) is 2.74. The first-order valence-corrected chi connectivity index (χ1v) is 6.79. The largest absolute Gasteiger partial charge is 0.395 e. The summed E-state index contributed by atoms with van der Waals surface area (Å²) in [5.74, 6) is 0.889. The zero-order chi connectivity index (χ0) is 11.8. The van der Waals surface area contributed by atoms with E-state index in [4.69, 9.17) is 0 Å². The van der Waals surface area contributed by atoms with Gasteiger partial charge in [-0.15, -0.1) is 0 Å². The highest BCUT2D eigenvalue weighted by Crippen LogP contribution is 2.23. The molecular formula is C13H28N2O. The van der Waals surface area contributed by atoms with Gasteiger partial charge in [0, 0.05) is 19.1 Å². The molecule has 1 unspecified atom stereocenters. The van der Waals surface area contributed by atoms with Crippen molar-refractivity contribution in [3.05, 3.63) is 0 Å². The minimum atomic E-state index is 0.235. The van der Waals surface area contributed by atoms with Crippen LogP contribution in [-0.2, 0) is 0 Å². The molecule has 96 valence electrons. The monoisotopic (exact) mass is 228 g/mol. The molecule has 1 aliphatic rings. The average Bonchev–Trinajstić information content (AvgIpc) is 2.29. The molecule has 1 rings (SSSR count). The Morgan fingerprint density at radius 3 is 2.56 bits per heavy atom. The van der Waals surface area contributed by atoms with Crippen molar-refractivity contribution in [3.8, 4) is 0 Å². The second kappa shape index (κ2) is 8.04. The third-order valence-electron chi connectivity index (χ3n) is 3.54. The van der Waals surface area contributed by atoms with Crippen molar-refractivity contribution in [2.24, 2.45) is 5.92 Å². The van der Waals surface area contributed by atoms with E-state index < -0.39 is 0 Å². The summed E-state index contributed by atoms with van der Waals surface area (Å²) < 4.78 is 0. The minimum absolute atomic E-state index is 0.235. The van der Waals surface area contributed by atoms with Crippen LogP contribution in [0.4, 0.5) is 0 Å². The number of aliphatic hydroxyl groups excluding tert-OH is 1. The number of aliphatic hydroxyl groups is 1. The van der Waals surface area contributed by atoms with Gasteiger partial charge in [0.05, 0.1) is 6.61 Å². The van der Waals surface area contributed by atoms with Gasteiger partial charge in [-0.3, -0.25) is 0 Å². The van der Waals surface area contributed by atoms with Gasteiger partial charge in [-0.2, -0.15) is 0 Å². The lowest BCUT2D eigenvalue weighted by atomic mass is 9.89. The molecule has 0 heterocycles. The molecule has 0 aliphatic heterocycles. The van der Waals surface area contributed by atoms with E-state index in [1.54, 1.807) is 0 Å². The lowest BCUT2D eigenvalue weighted by Crippen LogP contribution is -2.43. The number of nitrogens with one attached hydrogen (secondary N) is 1. The Morgan fingerprint density at radius 2 is 2.00 bits per heavy atom. The number of rotatable bonds is 7. The van der Waals surface area contributed by atoms with E-state index in [9.17, 15) is 5.11 Å². The van der Waals surface area contributed by atoms with E-state index in [1.165, 1.54) is 38.6 Å². The van der Waals surface area contributed by atoms with Crippen molar-refractivity contribution < 1.29 is 5.11 Å². The number of nitrogens with zero attached hydrogens (tertiary/aromatic N) is 1. The van der Waals surface area contributed by atoms with E-state index in [2.05, 4.69) is 24.2 Å². The molecule has 1 aliphatic carbocycles. The normalized spacial score (nSPS) is 20.2. The average molecular weight is 228 g/mol. The second-order valence-electron chi connectivity index (χ2n) is 5.16. The van der Waals surface area contributed by atoms with Gasteiger partial charge in [-0.25, -0.2) is 0 Å². The van der Waals surface area contributed by atoms with Crippen LogP contribution < -0.4 is 5.32 Å². The molecule has 0 saturated heterocycles. The molecule has 0 aromatic carbocycles. The summed E-state index contributed by atoms with van der Waals surface area (Å²) in [7, 11) is 2.18. The predicted molar refractivity (Wildman–Crippen MR) is 68.6 cm³/mol. The summed E-state index contributed by atoms with van der Waals surface area (Å²) in [6, 6.07) is 0.235. The predicted octanol–water partition coefficient (Wildman–Crippen LogP) is 1.47. The van der Waals surface area contributed by atoms with Gasteiger partial charge in [-0.05, 0) is 32.4 Å². The lowest BCUT2D eigenvalue weighted by molar-refractivity contribution is 0.175. The van der Waals surface area contributed by atoms with Crippen LogP contribution in [0.25, 0.3) is 0 Å². The van der Waals surface area contributed by atoms with E-state index in [-0.39, 0.29) is 12.6 Å². The van der Waals surface area contributed by atoms with Gasteiger partial charge in [0.25, 0.3) is 0 Å². The topological polar surface area (TPSA) is 35.5 Å². The lowest BCUT2D eigenvalue weighted by Gasteiger charge is -2.29. The highest BCUT2D eigenvalue weighted by Gasteiger charge is 2.17. The molecule has 3 heteroatoms. The summed E-state index contributed by atoms with van der Waals surface area (Å²) in [6.07, 6.45) is 7.05. The highest BCUT2D eigenvalue weighted by atomic mass is 16.3. The quantitative estimate of drug-likeness (QED) is 0.692. The van der Waals surface area contributed by atoms with E-state index in [0.29, 0.717) is 0 Å². The van der Waals surface area contributed by atoms with Gasteiger partial charge in [0.15, 0.2) is 0 Å². The Labute approximate surface area is 100 Å². The third-order valence-corrected chi connectivity index (χ3v) is 3.54. The van der Waals surface area contributed by atoms with Crippen LogP contribution in [0, 0.1) is 5.92 Å². The summed E-state index contributed by atoms with van der Waals surface area (Å²) in [6.45, 7) is 5.41. The van der Waals surface area contributed by atoms with Crippen LogP contribution in [-0.4, -0.2) is 49.3 Å². The van der Waals surface area contributed by atoms with Crippen LogP contribution in [0.3, 0.4) is 0 Å². The maximum Gasteiger partial charge on any atom is 0.0597 e.